The van der Waals surface area contributed by atoms with E-state index in [1.807, 2.05) is 42.7 Å². The number of nitrogens with zero attached hydrogens (tertiary/aromatic N) is 5. The van der Waals surface area contributed by atoms with Crippen LogP contribution in [-0.2, 0) is 13.1 Å². The van der Waals surface area contributed by atoms with E-state index in [4.69, 9.17) is 4.98 Å². The van der Waals surface area contributed by atoms with Crippen molar-refractivity contribution in [1.29, 1.82) is 0 Å². The molecular formula is C31H24N8. The Morgan fingerprint density at radius 3 is 2.49 bits per heavy atom. The van der Waals surface area contributed by atoms with Gasteiger partial charge in [0.2, 0.25) is 0 Å². The number of rotatable bonds is 7. The Labute approximate surface area is 224 Å². The van der Waals surface area contributed by atoms with Crippen molar-refractivity contribution in [2.75, 3.05) is 0 Å². The van der Waals surface area contributed by atoms with Crippen LogP contribution in [0.3, 0.4) is 0 Å². The number of fused-ring (bicyclic) bond motifs is 2. The highest BCUT2D eigenvalue weighted by atomic mass is 15.1. The van der Waals surface area contributed by atoms with Crippen LogP contribution in [-0.4, -0.2) is 35.1 Å². The molecule has 0 saturated heterocycles. The van der Waals surface area contributed by atoms with Gasteiger partial charge in [-0.3, -0.25) is 20.1 Å². The first-order chi connectivity index (χ1) is 19.3. The van der Waals surface area contributed by atoms with E-state index in [1.165, 1.54) is 5.56 Å². The molecule has 0 fully saturated rings. The second-order valence-corrected chi connectivity index (χ2v) is 9.39. The van der Waals surface area contributed by atoms with E-state index in [-0.39, 0.29) is 0 Å². The highest BCUT2D eigenvalue weighted by Crippen LogP contribution is 2.32. The zero-order chi connectivity index (χ0) is 26.0. The summed E-state index contributed by atoms with van der Waals surface area (Å²) in [5, 5.41) is 12.2. The summed E-state index contributed by atoms with van der Waals surface area (Å²) >= 11 is 0. The summed E-state index contributed by atoms with van der Waals surface area (Å²) in [6.45, 7) is 1.55. The summed E-state index contributed by atoms with van der Waals surface area (Å²) in [6.07, 6.45) is 9.15. The quantitative estimate of drug-likeness (QED) is 0.247. The van der Waals surface area contributed by atoms with Gasteiger partial charge in [-0.1, -0.05) is 42.5 Å². The van der Waals surface area contributed by atoms with Crippen LogP contribution in [0.15, 0.2) is 104 Å². The van der Waals surface area contributed by atoms with Gasteiger partial charge in [-0.05, 0) is 47.0 Å². The number of aromatic amines is 2. The molecular weight excluding hydrogens is 484 g/mol. The zero-order valence-corrected chi connectivity index (χ0v) is 21.0. The molecule has 0 amide bonds. The second kappa shape index (κ2) is 9.92. The summed E-state index contributed by atoms with van der Waals surface area (Å²) in [7, 11) is 0. The third-order valence-electron chi connectivity index (χ3n) is 6.75. The molecule has 0 aliphatic rings. The highest BCUT2D eigenvalue weighted by Gasteiger charge is 2.16. The Bertz CT molecular complexity index is 1890. The van der Waals surface area contributed by atoms with E-state index in [0.29, 0.717) is 5.82 Å². The Morgan fingerprint density at radius 2 is 1.59 bits per heavy atom. The van der Waals surface area contributed by atoms with Crippen LogP contribution in [0, 0.1) is 0 Å². The summed E-state index contributed by atoms with van der Waals surface area (Å²) < 4.78 is 0. The minimum absolute atomic E-state index is 0.676. The fourth-order valence-corrected chi connectivity index (χ4v) is 4.82. The number of benzene rings is 2. The fourth-order valence-electron chi connectivity index (χ4n) is 4.82. The van der Waals surface area contributed by atoms with Crippen LogP contribution in [0.4, 0.5) is 0 Å². The summed E-state index contributed by atoms with van der Waals surface area (Å²) in [5.41, 5.74) is 9.54. The van der Waals surface area contributed by atoms with Crippen LogP contribution in [0.2, 0.25) is 0 Å². The van der Waals surface area contributed by atoms with E-state index in [9.17, 15) is 0 Å². The third kappa shape index (κ3) is 4.54. The SMILES string of the molecule is c1ccc(CNCc2cncc(-c3ccc4[nH]nc(-c5nc6c(-c7ccccn7)cncc6[nH]5)c4c3)c2)cc1. The van der Waals surface area contributed by atoms with Crippen LogP contribution in [0.5, 0.6) is 0 Å². The first-order valence-electron chi connectivity index (χ1n) is 12.7. The maximum atomic E-state index is 4.92. The van der Waals surface area contributed by atoms with Crippen LogP contribution < -0.4 is 5.32 Å². The summed E-state index contributed by atoms with van der Waals surface area (Å²) in [4.78, 5) is 21.7. The molecule has 5 aromatic heterocycles. The molecule has 0 aliphatic heterocycles. The maximum absolute atomic E-state index is 4.92. The molecule has 0 bridgehead atoms. The molecule has 0 radical (unpaired) electrons. The Kier molecular flexibility index (Phi) is 5.84. The number of hydrogen-bond donors (Lipinski definition) is 3. The van der Waals surface area contributed by atoms with Crippen molar-refractivity contribution in [2.24, 2.45) is 0 Å². The smallest absolute Gasteiger partial charge is 0.159 e. The van der Waals surface area contributed by atoms with Crippen LogP contribution >= 0.6 is 0 Å². The highest BCUT2D eigenvalue weighted by molar-refractivity contribution is 5.97. The molecule has 0 spiro atoms. The van der Waals surface area contributed by atoms with E-state index < -0.39 is 0 Å². The minimum Gasteiger partial charge on any atom is -0.335 e. The number of nitrogens with one attached hydrogen (secondary N) is 3. The maximum Gasteiger partial charge on any atom is 0.159 e. The van der Waals surface area contributed by atoms with Crippen LogP contribution in [0.1, 0.15) is 11.1 Å². The van der Waals surface area contributed by atoms with E-state index in [2.05, 4.69) is 77.9 Å². The van der Waals surface area contributed by atoms with Crippen molar-refractivity contribution in [1.82, 2.24) is 40.4 Å². The molecule has 5 heterocycles. The van der Waals surface area contributed by atoms with Crippen molar-refractivity contribution in [3.63, 3.8) is 0 Å². The molecule has 39 heavy (non-hydrogen) atoms. The fraction of sp³-hybridized carbons (Fsp3) is 0.0645. The van der Waals surface area contributed by atoms with Gasteiger partial charge in [0.05, 0.1) is 22.9 Å². The number of hydrogen-bond acceptors (Lipinski definition) is 6. The number of imidazole rings is 1. The second-order valence-electron chi connectivity index (χ2n) is 9.39. The lowest BCUT2D eigenvalue weighted by Crippen LogP contribution is -2.12. The molecule has 7 rings (SSSR count). The molecule has 0 atom stereocenters. The summed E-state index contributed by atoms with van der Waals surface area (Å²) in [6, 6.07) is 24.7. The number of H-pyrrole nitrogens is 2. The standard InChI is InChI=1S/C31H24N8/c1-2-6-20(7-3-1)14-32-15-21-12-23(17-33-16-21)22-9-10-27-24(13-22)30(39-38-27)31-36-28-19-34-18-25(29(28)37-31)26-8-4-5-11-35-26/h1-13,16-19,32H,14-15H2,(H,36,37)(H,38,39). The largest absolute Gasteiger partial charge is 0.335 e. The summed E-state index contributed by atoms with van der Waals surface area (Å²) in [5.74, 6) is 0.676. The van der Waals surface area contributed by atoms with E-state index in [0.717, 1.165) is 68.7 Å². The predicted octanol–water partition coefficient (Wildman–Crippen LogP) is 5.92. The van der Waals surface area contributed by atoms with Gasteiger partial charge in [-0.25, -0.2) is 4.98 Å². The van der Waals surface area contributed by atoms with Gasteiger partial charge in [0.1, 0.15) is 11.2 Å². The monoisotopic (exact) mass is 508 g/mol. The molecule has 7 aromatic rings. The van der Waals surface area contributed by atoms with Crippen molar-refractivity contribution >= 4 is 21.9 Å². The molecule has 8 nitrogen and oxygen atoms in total. The van der Waals surface area contributed by atoms with Gasteiger partial charge < -0.3 is 10.3 Å². The van der Waals surface area contributed by atoms with Crippen molar-refractivity contribution in [2.45, 2.75) is 13.1 Å². The van der Waals surface area contributed by atoms with Crippen molar-refractivity contribution < 1.29 is 0 Å². The molecule has 2 aromatic carbocycles. The molecule has 3 N–H and O–H groups in total. The topological polar surface area (TPSA) is 108 Å². The Hall–Kier alpha value is -5.21. The molecule has 0 saturated carbocycles. The van der Waals surface area contributed by atoms with Gasteiger partial charge in [0.25, 0.3) is 0 Å². The molecule has 188 valence electrons. The lowest BCUT2D eigenvalue weighted by Gasteiger charge is -2.07. The third-order valence-corrected chi connectivity index (χ3v) is 6.75. The number of pyridine rings is 3. The Balaban J connectivity index is 1.20. The van der Waals surface area contributed by atoms with Gasteiger partial charge in [-0.2, -0.15) is 5.10 Å². The van der Waals surface area contributed by atoms with Gasteiger partial charge >= 0.3 is 0 Å². The Morgan fingerprint density at radius 1 is 0.718 bits per heavy atom. The molecule has 0 aliphatic carbocycles. The average Bonchev–Trinajstić information content (AvgIpc) is 3.62. The first-order valence-corrected chi connectivity index (χ1v) is 12.7. The van der Waals surface area contributed by atoms with Gasteiger partial charge in [0, 0.05) is 54.4 Å². The lowest BCUT2D eigenvalue weighted by atomic mass is 10.0. The van der Waals surface area contributed by atoms with E-state index in [1.54, 1.807) is 18.6 Å². The predicted molar refractivity (Wildman–Crippen MR) is 152 cm³/mol. The lowest BCUT2D eigenvalue weighted by molar-refractivity contribution is 0.691. The number of aromatic nitrogens is 7. The van der Waals surface area contributed by atoms with Crippen molar-refractivity contribution in [3.8, 4) is 33.9 Å². The molecule has 8 heteroatoms. The van der Waals surface area contributed by atoms with Crippen LogP contribution in [0.25, 0.3) is 55.8 Å². The normalized spacial score (nSPS) is 11.4. The average molecular weight is 509 g/mol. The first kappa shape index (κ1) is 22.9. The molecule has 0 unspecified atom stereocenters. The zero-order valence-electron chi connectivity index (χ0n) is 21.0. The van der Waals surface area contributed by atoms with Gasteiger partial charge in [-0.15, -0.1) is 0 Å². The minimum atomic E-state index is 0.676. The van der Waals surface area contributed by atoms with E-state index >= 15 is 0 Å². The van der Waals surface area contributed by atoms with Crippen molar-refractivity contribution in [3.05, 3.63) is 115 Å². The van der Waals surface area contributed by atoms with Gasteiger partial charge in [0.15, 0.2) is 5.82 Å².